The van der Waals surface area contributed by atoms with E-state index in [2.05, 4.69) is 40.7 Å². The fraction of sp³-hybridized carbons (Fsp3) is 0.741. The number of carbonyl (C=O) groups excluding carboxylic acids is 1. The van der Waals surface area contributed by atoms with Gasteiger partial charge in [-0.3, -0.25) is 4.89 Å². The van der Waals surface area contributed by atoms with E-state index in [-0.39, 0.29) is 35.7 Å². The molecule has 188 valence electrons. The molecule has 5 atom stereocenters. The van der Waals surface area contributed by atoms with Crippen LogP contribution in [-0.2, 0) is 28.8 Å². The molecule has 0 aromatic heterocycles. The molecule has 1 aliphatic carbocycles. The lowest BCUT2D eigenvalue weighted by Gasteiger charge is -2.58. The molecule has 0 N–H and O–H groups in total. The number of rotatable bonds is 12. The molecular weight excluding hydrogens is 420 g/mol. The predicted octanol–water partition coefficient (Wildman–Crippen LogP) is 5.72. The third-order valence-corrected chi connectivity index (χ3v) is 7.82. The summed E-state index contributed by atoms with van der Waals surface area (Å²) < 4.78 is 18.2. The van der Waals surface area contributed by atoms with Gasteiger partial charge < -0.3 is 14.2 Å². The molecule has 1 heterocycles. The summed E-state index contributed by atoms with van der Waals surface area (Å²) in [4.78, 5) is 23.1. The Morgan fingerprint density at radius 1 is 1.21 bits per heavy atom. The van der Waals surface area contributed by atoms with E-state index in [1.54, 1.807) is 20.3 Å². The average Bonchev–Trinajstić information content (AvgIpc) is 3.55. The number of allylic oxidation sites excluding steroid dienone is 4. The van der Waals surface area contributed by atoms with E-state index >= 15 is 0 Å². The quantitative estimate of drug-likeness (QED) is 0.159. The van der Waals surface area contributed by atoms with Crippen molar-refractivity contribution in [2.24, 2.45) is 10.8 Å². The number of carbonyl (C=O) groups is 1. The van der Waals surface area contributed by atoms with Crippen LogP contribution in [0.5, 0.6) is 0 Å². The number of epoxide rings is 1. The number of methoxy groups -OCH3 is 2. The Morgan fingerprint density at radius 2 is 1.91 bits per heavy atom. The van der Waals surface area contributed by atoms with Crippen molar-refractivity contribution in [2.45, 2.75) is 97.6 Å². The largest absolute Gasteiger partial charge is 0.381 e. The van der Waals surface area contributed by atoms with E-state index in [0.29, 0.717) is 13.0 Å². The molecule has 1 spiro atoms. The van der Waals surface area contributed by atoms with Crippen molar-refractivity contribution in [3.63, 3.8) is 0 Å². The van der Waals surface area contributed by atoms with Crippen LogP contribution >= 0.6 is 0 Å². The van der Waals surface area contributed by atoms with Gasteiger partial charge in [0.25, 0.3) is 0 Å². The van der Waals surface area contributed by atoms with Gasteiger partial charge in [-0.15, -0.1) is 0 Å². The molecule has 0 radical (unpaired) electrons. The lowest BCUT2D eigenvalue weighted by atomic mass is 9.50. The van der Waals surface area contributed by atoms with E-state index in [9.17, 15) is 4.79 Å². The molecule has 2 aliphatic rings. The van der Waals surface area contributed by atoms with Crippen LogP contribution in [0.1, 0.15) is 73.6 Å². The first-order valence-electron chi connectivity index (χ1n) is 12.0. The summed E-state index contributed by atoms with van der Waals surface area (Å²) >= 11 is 0. The van der Waals surface area contributed by atoms with Gasteiger partial charge in [0.15, 0.2) is 0 Å². The monoisotopic (exact) mass is 464 g/mol. The molecule has 1 saturated heterocycles. The van der Waals surface area contributed by atoms with Gasteiger partial charge in [0.1, 0.15) is 11.7 Å². The second-order valence-corrected chi connectivity index (χ2v) is 10.2. The van der Waals surface area contributed by atoms with E-state index < -0.39 is 11.4 Å². The standard InChI is InChI=1S/C27H44O6/c1-9-10-11-12-13-14-23(28)33-32-21-17-18-27(19-31-27)26(6,24(21)30-8)25(4,5)22(29-7)16-15-20(2)3/h9-10,12-13,15,21-22,24H,11,14,16-19H2,1-8H3/b10-9+,13-12+/t21?,22?,24-,26-,27+/m1/s1. The Balaban J connectivity index is 2.18. The van der Waals surface area contributed by atoms with E-state index in [0.717, 1.165) is 19.3 Å². The second-order valence-electron chi connectivity index (χ2n) is 10.2. The summed E-state index contributed by atoms with van der Waals surface area (Å²) in [6.07, 6.45) is 12.5. The maximum atomic E-state index is 12.2. The molecular formula is C27H44O6. The van der Waals surface area contributed by atoms with Crippen LogP contribution in [0.2, 0.25) is 0 Å². The van der Waals surface area contributed by atoms with Gasteiger partial charge in [-0.1, -0.05) is 56.7 Å². The molecule has 0 aromatic carbocycles. The second kappa shape index (κ2) is 11.8. The molecule has 2 unspecified atom stereocenters. The third kappa shape index (κ3) is 5.97. The van der Waals surface area contributed by atoms with Crippen molar-refractivity contribution in [1.82, 2.24) is 0 Å². The van der Waals surface area contributed by atoms with Crippen LogP contribution in [0, 0.1) is 10.8 Å². The van der Waals surface area contributed by atoms with Crippen LogP contribution in [-0.4, -0.2) is 50.7 Å². The fourth-order valence-electron chi connectivity index (χ4n) is 5.39. The van der Waals surface area contributed by atoms with Crippen molar-refractivity contribution < 1.29 is 28.8 Å². The Bertz CT molecular complexity index is 729. The molecule has 33 heavy (non-hydrogen) atoms. The van der Waals surface area contributed by atoms with Gasteiger partial charge in [0.2, 0.25) is 0 Å². The highest BCUT2D eigenvalue weighted by Crippen LogP contribution is 2.64. The Morgan fingerprint density at radius 3 is 2.45 bits per heavy atom. The predicted molar refractivity (Wildman–Crippen MR) is 130 cm³/mol. The molecule has 1 aliphatic heterocycles. The van der Waals surface area contributed by atoms with Crippen molar-refractivity contribution in [2.75, 3.05) is 20.8 Å². The zero-order valence-corrected chi connectivity index (χ0v) is 21.8. The Kier molecular flexibility index (Phi) is 9.92. The first-order valence-corrected chi connectivity index (χ1v) is 12.0. The summed E-state index contributed by atoms with van der Waals surface area (Å²) in [6.45, 7) is 13.5. The van der Waals surface area contributed by atoms with Gasteiger partial charge >= 0.3 is 5.97 Å². The fourth-order valence-corrected chi connectivity index (χ4v) is 5.39. The summed E-state index contributed by atoms with van der Waals surface area (Å²) in [5.41, 5.74) is 0.229. The molecule has 6 nitrogen and oxygen atoms in total. The van der Waals surface area contributed by atoms with Gasteiger partial charge in [0.05, 0.1) is 25.2 Å². The minimum atomic E-state index is -0.424. The van der Waals surface area contributed by atoms with Crippen LogP contribution in [0.25, 0.3) is 0 Å². The summed E-state index contributed by atoms with van der Waals surface area (Å²) in [7, 11) is 3.46. The van der Waals surface area contributed by atoms with Crippen molar-refractivity contribution in [3.8, 4) is 0 Å². The average molecular weight is 465 g/mol. The zero-order chi connectivity index (χ0) is 24.7. The maximum absolute atomic E-state index is 12.2. The van der Waals surface area contributed by atoms with E-state index in [1.807, 2.05) is 25.2 Å². The first-order chi connectivity index (χ1) is 15.6. The van der Waals surface area contributed by atoms with Crippen LogP contribution < -0.4 is 0 Å². The number of hydrogen-bond acceptors (Lipinski definition) is 6. The van der Waals surface area contributed by atoms with Gasteiger partial charge in [-0.25, -0.2) is 4.79 Å². The molecule has 2 fully saturated rings. The SMILES string of the molecule is C/C=C/C/C=C/CC(=O)OOC1CC[C@]2(CO2)[C@@](C)(C(C)(C)C(CC=C(C)C)OC)[C@@H]1OC. The minimum Gasteiger partial charge on any atom is -0.381 e. The molecule has 2 rings (SSSR count). The molecule has 0 aromatic rings. The summed E-state index contributed by atoms with van der Waals surface area (Å²) in [5, 5.41) is 0. The smallest absolute Gasteiger partial charge is 0.346 e. The first kappa shape index (κ1) is 27.8. The molecule has 0 bridgehead atoms. The maximum Gasteiger partial charge on any atom is 0.346 e. The zero-order valence-electron chi connectivity index (χ0n) is 21.8. The van der Waals surface area contributed by atoms with E-state index in [4.69, 9.17) is 24.0 Å². The normalized spacial score (nSPS) is 30.7. The molecule has 0 amide bonds. The Labute approximate surface area is 200 Å². The minimum absolute atomic E-state index is 0.0419. The van der Waals surface area contributed by atoms with Gasteiger partial charge in [-0.05, 0) is 46.5 Å². The van der Waals surface area contributed by atoms with Gasteiger partial charge in [-0.2, -0.15) is 4.89 Å². The highest BCUT2D eigenvalue weighted by atomic mass is 17.2. The van der Waals surface area contributed by atoms with Crippen molar-refractivity contribution in [3.05, 3.63) is 36.0 Å². The highest BCUT2D eigenvalue weighted by molar-refractivity contribution is 5.70. The summed E-state index contributed by atoms with van der Waals surface area (Å²) in [5.74, 6) is -0.413. The number of ether oxygens (including phenoxy) is 3. The van der Waals surface area contributed by atoms with Gasteiger partial charge in [0, 0.05) is 25.0 Å². The van der Waals surface area contributed by atoms with Crippen LogP contribution in [0.15, 0.2) is 36.0 Å². The number of hydrogen-bond donors (Lipinski definition) is 0. The highest BCUT2D eigenvalue weighted by Gasteiger charge is 2.72. The van der Waals surface area contributed by atoms with E-state index in [1.165, 1.54) is 5.57 Å². The Hall–Kier alpha value is -1.47. The summed E-state index contributed by atoms with van der Waals surface area (Å²) in [6, 6.07) is 0. The lowest BCUT2D eigenvalue weighted by molar-refractivity contribution is -0.339. The van der Waals surface area contributed by atoms with Crippen LogP contribution in [0.4, 0.5) is 0 Å². The van der Waals surface area contributed by atoms with Crippen LogP contribution in [0.3, 0.4) is 0 Å². The lowest BCUT2D eigenvalue weighted by Crippen LogP contribution is -2.65. The topological polar surface area (TPSA) is 66.5 Å². The van der Waals surface area contributed by atoms with Crippen molar-refractivity contribution >= 4 is 5.97 Å². The molecule has 1 saturated carbocycles. The third-order valence-electron chi connectivity index (χ3n) is 7.82. The van der Waals surface area contributed by atoms with Crippen molar-refractivity contribution in [1.29, 1.82) is 0 Å². The molecule has 6 heteroatoms.